The van der Waals surface area contributed by atoms with E-state index in [1.807, 2.05) is 36.7 Å². The van der Waals surface area contributed by atoms with E-state index in [0.29, 0.717) is 32.7 Å². The molecule has 1 fully saturated rings. The fourth-order valence-electron chi connectivity index (χ4n) is 3.79. The largest absolute Gasteiger partial charge is 0.494 e. The summed E-state index contributed by atoms with van der Waals surface area (Å²) in [5, 5.41) is -0.999. The van der Waals surface area contributed by atoms with Crippen LogP contribution in [0.5, 0.6) is 5.75 Å². The van der Waals surface area contributed by atoms with E-state index in [0.717, 1.165) is 36.3 Å². The predicted octanol–water partition coefficient (Wildman–Crippen LogP) is 4.91. The van der Waals surface area contributed by atoms with Crippen molar-refractivity contribution in [2.45, 2.75) is 48.6 Å². The summed E-state index contributed by atoms with van der Waals surface area (Å²) < 4.78 is 24.7. The zero-order chi connectivity index (χ0) is 22.2. The fourth-order valence-corrected chi connectivity index (χ4v) is 8.94. The molecular weight excluding hydrogens is 431 g/mol. The summed E-state index contributed by atoms with van der Waals surface area (Å²) in [6.45, 7) is 3.16. The molecule has 1 aromatic heterocycles. The number of carbonyl (C=O) groups is 1. The minimum atomic E-state index is -2.93. The molecule has 0 saturated carbocycles. The number of nitrogens with two attached hydrogens (primary N) is 1. The molecule has 31 heavy (non-hydrogen) atoms. The number of carbonyl (C=O) groups excluding carboxylic acids is 1. The van der Waals surface area contributed by atoms with Crippen LogP contribution in [-0.2, 0) is 20.5 Å². The lowest BCUT2D eigenvalue weighted by Crippen LogP contribution is -2.47. The number of nitrogens with zero attached hydrogens (tertiary/aromatic N) is 1. The van der Waals surface area contributed by atoms with Crippen molar-refractivity contribution in [1.82, 2.24) is 4.98 Å². The van der Waals surface area contributed by atoms with E-state index < -0.39 is 17.4 Å². The second-order valence-electron chi connectivity index (χ2n) is 7.93. The van der Waals surface area contributed by atoms with Gasteiger partial charge in [-0.15, -0.1) is 0 Å². The van der Waals surface area contributed by atoms with E-state index >= 15 is 0 Å². The van der Waals surface area contributed by atoms with Crippen LogP contribution >= 0.6 is 17.7 Å². The Morgan fingerprint density at radius 3 is 2.45 bits per heavy atom. The number of unbranched alkanes of at least 4 members (excludes halogenated alkanes) is 2. The first-order valence-corrected chi connectivity index (χ1v) is 14.3. The third kappa shape index (κ3) is 6.34. The monoisotopic (exact) mass is 462 g/mol. The van der Waals surface area contributed by atoms with E-state index in [1.165, 1.54) is 16.9 Å². The molecule has 0 radical (unpaired) electrons. The van der Waals surface area contributed by atoms with Gasteiger partial charge in [0.05, 0.1) is 6.61 Å². The van der Waals surface area contributed by atoms with Gasteiger partial charge in [-0.3, -0.25) is 9.78 Å². The molecule has 2 heterocycles. The highest BCUT2D eigenvalue weighted by Gasteiger charge is 2.51. The van der Waals surface area contributed by atoms with Gasteiger partial charge in [0.25, 0.3) is 0 Å². The van der Waals surface area contributed by atoms with Crippen molar-refractivity contribution in [1.29, 1.82) is 0 Å². The molecule has 0 bridgehead atoms. The molecule has 6 nitrogen and oxygen atoms in total. The number of primary amides is 1. The summed E-state index contributed by atoms with van der Waals surface area (Å²) in [4.78, 5) is 17.1. The molecule has 2 aromatic rings. The highest BCUT2D eigenvalue weighted by atomic mass is 32.7. The molecule has 1 amide bonds. The molecule has 0 spiro atoms. The van der Waals surface area contributed by atoms with Gasteiger partial charge in [-0.05, 0) is 87.2 Å². The molecule has 168 valence electrons. The van der Waals surface area contributed by atoms with Gasteiger partial charge in [0.15, 0.2) is 6.34 Å². The van der Waals surface area contributed by atoms with Crippen molar-refractivity contribution in [2.75, 3.05) is 26.5 Å². The van der Waals surface area contributed by atoms with Crippen LogP contribution in [0, 0.1) is 0 Å². The van der Waals surface area contributed by atoms with Gasteiger partial charge in [-0.2, -0.15) is 0 Å². The topological polar surface area (TPSA) is 91.5 Å². The second-order valence-corrected chi connectivity index (χ2v) is 13.8. The van der Waals surface area contributed by atoms with Gasteiger partial charge >= 0.3 is 0 Å². The van der Waals surface area contributed by atoms with Gasteiger partial charge in [-0.25, -0.2) is 0 Å². The average Bonchev–Trinajstić information content (AvgIpc) is 2.78. The molecule has 2 N–H and O–H groups in total. The maximum absolute atomic E-state index is 13.5. The number of ether oxygens (including phenoxy) is 2. The highest BCUT2D eigenvalue weighted by Crippen LogP contribution is 2.70. The maximum Gasteiger partial charge on any atom is 0.232 e. The Bertz CT molecular complexity index is 886. The zero-order valence-electron chi connectivity index (χ0n) is 18.0. The predicted molar refractivity (Wildman–Crippen MR) is 125 cm³/mol. The standard InChI is InChI=1S/C23H31N2O4PS/c1-30(27,23(22(24)26)12-17-28-18-13-23)31-21-8-6-20(7-9-21)29-16-4-2-3-5-19-10-14-25-15-11-19/h6-11,14-15H,2-5,12-13,16-18H2,1H3,(H2,24,26). The molecule has 3 rings (SSSR count). The Morgan fingerprint density at radius 2 is 1.81 bits per heavy atom. The van der Waals surface area contributed by atoms with Gasteiger partial charge in [-0.1, -0.05) is 11.4 Å². The molecule has 1 atom stereocenters. The van der Waals surface area contributed by atoms with Crippen molar-refractivity contribution in [2.24, 2.45) is 5.73 Å². The lowest BCUT2D eigenvalue weighted by molar-refractivity contribution is -0.122. The summed E-state index contributed by atoms with van der Waals surface area (Å²) in [6, 6.07) is 11.7. The van der Waals surface area contributed by atoms with Gasteiger partial charge < -0.3 is 19.8 Å². The van der Waals surface area contributed by atoms with Crippen LogP contribution in [-0.4, -0.2) is 42.5 Å². The van der Waals surface area contributed by atoms with Gasteiger partial charge in [0, 0.05) is 30.5 Å². The Kier molecular flexibility index (Phi) is 8.58. The third-order valence-electron chi connectivity index (χ3n) is 5.79. The van der Waals surface area contributed by atoms with Crippen LogP contribution in [0.25, 0.3) is 0 Å². The minimum absolute atomic E-state index is 0.408. The summed E-state index contributed by atoms with van der Waals surface area (Å²) >= 11 is 1.26. The molecule has 1 unspecified atom stereocenters. The molecule has 1 saturated heterocycles. The molecule has 1 aromatic carbocycles. The molecular formula is C23H31N2O4PS. The lowest BCUT2D eigenvalue weighted by Gasteiger charge is -2.38. The van der Waals surface area contributed by atoms with Crippen LogP contribution in [0.4, 0.5) is 0 Å². The van der Waals surface area contributed by atoms with Gasteiger partial charge in [0.1, 0.15) is 10.9 Å². The van der Waals surface area contributed by atoms with Crippen LogP contribution in [0.1, 0.15) is 37.7 Å². The smallest absolute Gasteiger partial charge is 0.232 e. The fraction of sp³-hybridized carbons (Fsp3) is 0.478. The Balaban J connectivity index is 1.45. The summed E-state index contributed by atoms with van der Waals surface area (Å²) in [6.07, 6.45) is 5.83. The van der Waals surface area contributed by atoms with Crippen LogP contribution in [0.2, 0.25) is 0 Å². The lowest BCUT2D eigenvalue weighted by atomic mass is 9.98. The number of amides is 1. The summed E-state index contributed by atoms with van der Waals surface area (Å²) in [5.41, 5.74) is 7.00. The van der Waals surface area contributed by atoms with Crippen molar-refractivity contribution in [3.05, 3.63) is 54.4 Å². The normalized spacial score (nSPS) is 17.6. The average molecular weight is 463 g/mol. The molecule has 1 aliphatic rings. The minimum Gasteiger partial charge on any atom is -0.494 e. The number of rotatable bonds is 11. The quantitative estimate of drug-likeness (QED) is 0.377. The molecule has 8 heteroatoms. The first-order chi connectivity index (χ1) is 14.9. The van der Waals surface area contributed by atoms with E-state index in [-0.39, 0.29) is 0 Å². The number of hydrogen-bond acceptors (Lipinski definition) is 6. The highest BCUT2D eigenvalue weighted by molar-refractivity contribution is 8.58. The number of hydrogen-bond donors (Lipinski definition) is 1. The third-order valence-corrected chi connectivity index (χ3v) is 11.6. The van der Waals surface area contributed by atoms with E-state index in [4.69, 9.17) is 15.2 Å². The number of pyridine rings is 1. The van der Waals surface area contributed by atoms with E-state index in [2.05, 4.69) is 17.1 Å². The van der Waals surface area contributed by atoms with Crippen molar-refractivity contribution in [3.8, 4) is 5.75 Å². The molecule has 0 aliphatic carbocycles. The van der Waals surface area contributed by atoms with Gasteiger partial charge in [0.2, 0.25) is 5.91 Å². The zero-order valence-corrected chi connectivity index (χ0v) is 19.7. The first kappa shape index (κ1) is 23.8. The SMILES string of the molecule is CP(=O)(Sc1ccc(OCCCCCc2ccncc2)cc1)C1(C(N)=O)CCOCC1. The molecule has 1 aliphatic heterocycles. The van der Waals surface area contributed by atoms with Crippen LogP contribution in [0.3, 0.4) is 0 Å². The van der Waals surface area contributed by atoms with E-state index in [9.17, 15) is 9.36 Å². The Morgan fingerprint density at radius 1 is 1.13 bits per heavy atom. The Labute approximate surface area is 188 Å². The van der Waals surface area contributed by atoms with Crippen LogP contribution in [0.15, 0.2) is 53.7 Å². The first-order valence-electron chi connectivity index (χ1n) is 10.7. The summed E-state index contributed by atoms with van der Waals surface area (Å²) in [7, 11) is 0. The number of aromatic nitrogens is 1. The Hall–Kier alpha value is -1.82. The van der Waals surface area contributed by atoms with Crippen LogP contribution < -0.4 is 10.5 Å². The second kappa shape index (κ2) is 11.2. The number of aryl methyl sites for hydroxylation is 1. The van der Waals surface area contributed by atoms with Crippen molar-refractivity contribution < 1.29 is 18.8 Å². The maximum atomic E-state index is 13.5. The summed E-state index contributed by atoms with van der Waals surface area (Å²) in [5.74, 6) is 0.304. The van der Waals surface area contributed by atoms with Crippen molar-refractivity contribution in [3.63, 3.8) is 0 Å². The number of benzene rings is 1. The van der Waals surface area contributed by atoms with Crippen molar-refractivity contribution >= 4 is 23.6 Å². The van der Waals surface area contributed by atoms with E-state index in [1.54, 1.807) is 6.66 Å².